The van der Waals surface area contributed by atoms with Crippen LogP contribution in [0.3, 0.4) is 0 Å². The number of thioether (sulfide) groups is 1. The highest BCUT2D eigenvalue weighted by molar-refractivity contribution is 8.01. The lowest BCUT2D eigenvalue weighted by molar-refractivity contribution is -0.123. The van der Waals surface area contributed by atoms with Crippen LogP contribution in [0.2, 0.25) is 5.02 Å². The smallest absolute Gasteiger partial charge is 0.308 e. The Hall–Kier alpha value is -2.96. The highest BCUT2D eigenvalue weighted by Gasteiger charge is 2.59. The minimum atomic E-state index is -1.07. The zero-order chi connectivity index (χ0) is 22.3. The van der Waals surface area contributed by atoms with Crippen molar-refractivity contribution in [3.05, 3.63) is 94.5 Å². The molecule has 2 heterocycles. The van der Waals surface area contributed by atoms with Gasteiger partial charge in [-0.2, -0.15) is 0 Å². The molecule has 3 aromatic rings. The van der Waals surface area contributed by atoms with Crippen molar-refractivity contribution in [2.75, 3.05) is 22.5 Å². The first-order valence-corrected chi connectivity index (χ1v) is 11.8. The number of hydrogen-bond donors (Lipinski definition) is 1. The van der Waals surface area contributed by atoms with Gasteiger partial charge in [0.1, 0.15) is 0 Å². The second-order valence-electron chi connectivity index (χ2n) is 7.98. The van der Waals surface area contributed by atoms with Gasteiger partial charge in [0, 0.05) is 28.6 Å². The average molecular weight is 464 g/mol. The Morgan fingerprint density at radius 3 is 2.72 bits per heavy atom. The van der Waals surface area contributed by atoms with Crippen LogP contribution in [0.4, 0.5) is 16.2 Å². The van der Waals surface area contributed by atoms with Gasteiger partial charge in [0.2, 0.25) is 0 Å². The van der Waals surface area contributed by atoms with E-state index in [0.29, 0.717) is 29.6 Å². The molecule has 7 heteroatoms. The van der Waals surface area contributed by atoms with Crippen LogP contribution in [-0.4, -0.2) is 29.1 Å². The van der Waals surface area contributed by atoms with E-state index in [-0.39, 0.29) is 11.9 Å². The molecule has 0 aliphatic carbocycles. The Kier molecular flexibility index (Phi) is 5.35. The minimum absolute atomic E-state index is 0.0797. The van der Waals surface area contributed by atoms with Crippen LogP contribution in [0, 0.1) is 6.92 Å². The summed E-state index contributed by atoms with van der Waals surface area (Å²) in [6.45, 7) is 2.98. The van der Waals surface area contributed by atoms with E-state index >= 15 is 0 Å². The van der Waals surface area contributed by atoms with Gasteiger partial charge >= 0.3 is 6.03 Å². The number of benzene rings is 3. The molecule has 0 aromatic heterocycles. The molecule has 5 rings (SSSR count). The Labute approximate surface area is 196 Å². The fourth-order valence-corrected chi connectivity index (χ4v) is 6.13. The second-order valence-corrected chi connectivity index (χ2v) is 9.71. The number of rotatable bonds is 3. The van der Waals surface area contributed by atoms with Crippen LogP contribution in [0.1, 0.15) is 16.7 Å². The van der Waals surface area contributed by atoms with Gasteiger partial charge in [0.25, 0.3) is 5.91 Å². The maximum atomic E-state index is 14.0. The van der Waals surface area contributed by atoms with Crippen molar-refractivity contribution in [2.24, 2.45) is 0 Å². The number of carbonyl (C=O) groups excluding carboxylic acids is 2. The van der Waals surface area contributed by atoms with Crippen molar-refractivity contribution in [1.29, 1.82) is 0 Å². The van der Waals surface area contributed by atoms with Crippen molar-refractivity contribution < 1.29 is 9.59 Å². The summed E-state index contributed by atoms with van der Waals surface area (Å²) in [4.78, 5) is 29.7. The molecule has 1 fully saturated rings. The zero-order valence-electron chi connectivity index (χ0n) is 17.5. The highest BCUT2D eigenvalue weighted by Crippen LogP contribution is 2.54. The van der Waals surface area contributed by atoms with Gasteiger partial charge in [0.15, 0.2) is 4.87 Å². The Balaban J connectivity index is 1.51. The lowest BCUT2D eigenvalue weighted by Crippen LogP contribution is -2.51. The highest BCUT2D eigenvalue weighted by atomic mass is 35.5. The number of urea groups is 1. The molecule has 1 unspecified atom stereocenters. The van der Waals surface area contributed by atoms with E-state index in [1.807, 2.05) is 54.3 Å². The fraction of sp³-hybridized carbons (Fsp3) is 0.200. The first-order valence-electron chi connectivity index (χ1n) is 10.4. The number of nitrogens with zero attached hydrogens (tertiary/aromatic N) is 2. The summed E-state index contributed by atoms with van der Waals surface area (Å²) in [5.41, 5.74) is 4.53. The normalized spacial score (nSPS) is 19.5. The number of nitrogens with one attached hydrogen (secondary N) is 1. The lowest BCUT2D eigenvalue weighted by Gasteiger charge is -2.33. The molecule has 0 radical (unpaired) electrons. The molecule has 1 atom stereocenters. The number of amides is 3. The molecule has 3 aromatic carbocycles. The second kappa shape index (κ2) is 8.19. The lowest BCUT2D eigenvalue weighted by atomic mass is 10.1. The Morgan fingerprint density at radius 2 is 1.91 bits per heavy atom. The van der Waals surface area contributed by atoms with Crippen molar-refractivity contribution in [2.45, 2.75) is 18.3 Å². The quantitative estimate of drug-likeness (QED) is 0.547. The third kappa shape index (κ3) is 3.44. The van der Waals surface area contributed by atoms with Crippen molar-refractivity contribution in [3.8, 4) is 0 Å². The zero-order valence-corrected chi connectivity index (χ0v) is 19.1. The first kappa shape index (κ1) is 20.9. The number of anilines is 2. The number of hydrogen-bond acceptors (Lipinski definition) is 3. The molecule has 1 N–H and O–H groups in total. The number of carbonyl (C=O) groups is 2. The molecule has 0 bridgehead atoms. The SMILES string of the molecule is Cc1cccc(CN2C(=O)C3(SCCN3C(=O)Nc3cccc(Cl)c3)c3ccccc32)c1. The third-order valence-corrected chi connectivity index (χ3v) is 7.50. The van der Waals surface area contributed by atoms with E-state index in [1.54, 1.807) is 29.2 Å². The maximum Gasteiger partial charge on any atom is 0.323 e. The molecule has 2 aliphatic heterocycles. The Morgan fingerprint density at radius 1 is 1.09 bits per heavy atom. The van der Waals surface area contributed by atoms with Crippen LogP contribution in [0.25, 0.3) is 0 Å². The van der Waals surface area contributed by atoms with Crippen molar-refractivity contribution in [1.82, 2.24) is 4.90 Å². The summed E-state index contributed by atoms with van der Waals surface area (Å²) < 4.78 is 0. The average Bonchev–Trinajstić information content (AvgIpc) is 3.31. The predicted molar refractivity (Wildman–Crippen MR) is 130 cm³/mol. The summed E-state index contributed by atoms with van der Waals surface area (Å²) in [6, 6.07) is 22.7. The fourth-order valence-electron chi connectivity index (χ4n) is 4.48. The molecular weight excluding hydrogens is 442 g/mol. The molecule has 2 aliphatic rings. The van der Waals surface area contributed by atoms with Gasteiger partial charge in [0.05, 0.1) is 12.2 Å². The van der Waals surface area contributed by atoms with E-state index < -0.39 is 4.87 Å². The standard InChI is InChI=1S/C25H22ClN3O2S/c1-17-6-4-7-18(14-17)16-28-22-11-3-2-10-21(22)25(23(28)30)29(12-13-32-25)24(31)27-20-9-5-8-19(26)15-20/h2-11,14-15H,12-13,16H2,1H3,(H,27,31). The van der Waals surface area contributed by atoms with Crippen molar-refractivity contribution >= 4 is 46.7 Å². The van der Waals surface area contributed by atoms with E-state index in [1.165, 1.54) is 11.8 Å². The summed E-state index contributed by atoms with van der Waals surface area (Å²) >= 11 is 7.59. The maximum absolute atomic E-state index is 14.0. The van der Waals surface area contributed by atoms with Gasteiger partial charge in [-0.05, 0) is 36.8 Å². The topological polar surface area (TPSA) is 52.7 Å². The molecule has 0 saturated carbocycles. The monoisotopic (exact) mass is 463 g/mol. The molecule has 1 saturated heterocycles. The summed E-state index contributed by atoms with van der Waals surface area (Å²) in [7, 11) is 0. The van der Waals surface area contributed by atoms with Crippen molar-refractivity contribution in [3.63, 3.8) is 0 Å². The number of fused-ring (bicyclic) bond motifs is 2. The van der Waals surface area contributed by atoms with E-state index in [9.17, 15) is 9.59 Å². The third-order valence-electron chi connectivity index (χ3n) is 5.85. The summed E-state index contributed by atoms with van der Waals surface area (Å²) in [5.74, 6) is 0.602. The van der Waals surface area contributed by atoms with Gasteiger partial charge < -0.3 is 10.2 Å². The molecular formula is C25H22ClN3O2S. The van der Waals surface area contributed by atoms with Crippen LogP contribution in [-0.2, 0) is 16.2 Å². The van der Waals surface area contributed by atoms with Gasteiger partial charge in [-0.3, -0.25) is 9.69 Å². The predicted octanol–water partition coefficient (Wildman–Crippen LogP) is 5.63. The molecule has 1 spiro atoms. The number of aryl methyl sites for hydroxylation is 1. The van der Waals surface area contributed by atoms with E-state index in [0.717, 1.165) is 22.4 Å². The largest absolute Gasteiger partial charge is 0.323 e. The van der Waals surface area contributed by atoms with Gasteiger partial charge in [-0.25, -0.2) is 4.79 Å². The summed E-state index contributed by atoms with van der Waals surface area (Å²) in [5, 5.41) is 3.46. The van der Waals surface area contributed by atoms with Crippen LogP contribution in [0.15, 0.2) is 72.8 Å². The summed E-state index contributed by atoms with van der Waals surface area (Å²) in [6.07, 6.45) is 0. The van der Waals surface area contributed by atoms with Crippen LogP contribution < -0.4 is 10.2 Å². The molecule has 162 valence electrons. The van der Waals surface area contributed by atoms with E-state index in [2.05, 4.69) is 11.4 Å². The molecule has 32 heavy (non-hydrogen) atoms. The minimum Gasteiger partial charge on any atom is -0.308 e. The number of para-hydroxylation sites is 1. The van der Waals surface area contributed by atoms with Gasteiger partial charge in [-0.15, -0.1) is 11.8 Å². The van der Waals surface area contributed by atoms with Crippen LogP contribution >= 0.6 is 23.4 Å². The van der Waals surface area contributed by atoms with Crippen LogP contribution in [0.5, 0.6) is 0 Å². The molecule has 3 amide bonds. The first-order chi connectivity index (χ1) is 15.5. The molecule has 5 nitrogen and oxygen atoms in total. The van der Waals surface area contributed by atoms with Gasteiger partial charge in [-0.1, -0.05) is 65.7 Å². The Bertz CT molecular complexity index is 1220. The number of halogens is 1. The van der Waals surface area contributed by atoms with E-state index in [4.69, 9.17) is 11.6 Å².